The fraction of sp³-hybridized carbons (Fsp3) is 0.462. The van der Waals surface area contributed by atoms with Gasteiger partial charge in [-0.1, -0.05) is 68.9 Å². The molecular formula is C26H33N3O. The van der Waals surface area contributed by atoms with Crippen LogP contribution in [0.5, 0.6) is 0 Å². The summed E-state index contributed by atoms with van der Waals surface area (Å²) in [6.45, 7) is 6.02. The predicted octanol–water partition coefficient (Wildman–Crippen LogP) is 6.23. The number of para-hydroxylation sites is 2. The van der Waals surface area contributed by atoms with Gasteiger partial charge in [-0.15, -0.1) is 0 Å². The smallest absolute Gasteiger partial charge is 0.227 e. The van der Waals surface area contributed by atoms with Crippen LogP contribution in [0, 0.1) is 6.92 Å². The molecule has 0 aliphatic carbocycles. The molecule has 0 N–H and O–H groups in total. The molecule has 2 heterocycles. The van der Waals surface area contributed by atoms with Crippen molar-refractivity contribution in [1.29, 1.82) is 0 Å². The minimum atomic E-state index is 0.145. The molecule has 4 nitrogen and oxygen atoms in total. The highest BCUT2D eigenvalue weighted by molar-refractivity contribution is 5.96. The second-order valence-electron chi connectivity index (χ2n) is 8.62. The van der Waals surface area contributed by atoms with E-state index in [1.807, 2.05) is 11.0 Å². The molecule has 0 spiro atoms. The van der Waals surface area contributed by atoms with Gasteiger partial charge < -0.3 is 9.47 Å². The highest BCUT2D eigenvalue weighted by atomic mass is 16.2. The van der Waals surface area contributed by atoms with Crippen molar-refractivity contribution in [2.45, 2.75) is 71.3 Å². The maximum Gasteiger partial charge on any atom is 0.227 e. The lowest BCUT2D eigenvalue weighted by Crippen LogP contribution is -2.24. The molecule has 1 fully saturated rings. The van der Waals surface area contributed by atoms with Gasteiger partial charge in [-0.25, -0.2) is 4.98 Å². The van der Waals surface area contributed by atoms with E-state index in [0.717, 1.165) is 23.6 Å². The maximum absolute atomic E-state index is 12.8. The first-order valence-corrected chi connectivity index (χ1v) is 11.5. The molecule has 3 aromatic rings. The van der Waals surface area contributed by atoms with Gasteiger partial charge in [0.15, 0.2) is 0 Å². The summed E-state index contributed by atoms with van der Waals surface area (Å²) >= 11 is 0. The van der Waals surface area contributed by atoms with Crippen LogP contribution >= 0.6 is 0 Å². The van der Waals surface area contributed by atoms with Crippen molar-refractivity contribution < 1.29 is 4.79 Å². The van der Waals surface area contributed by atoms with Crippen molar-refractivity contribution >= 4 is 22.6 Å². The Morgan fingerprint density at radius 1 is 0.967 bits per heavy atom. The number of aryl methyl sites for hydroxylation is 2. The van der Waals surface area contributed by atoms with Crippen LogP contribution in [0.25, 0.3) is 11.0 Å². The second-order valence-corrected chi connectivity index (χ2v) is 8.62. The van der Waals surface area contributed by atoms with Gasteiger partial charge >= 0.3 is 0 Å². The van der Waals surface area contributed by atoms with E-state index in [9.17, 15) is 4.79 Å². The zero-order chi connectivity index (χ0) is 20.9. The number of amides is 1. The van der Waals surface area contributed by atoms with Crippen LogP contribution in [-0.4, -0.2) is 22.0 Å². The summed E-state index contributed by atoms with van der Waals surface area (Å²) in [4.78, 5) is 19.7. The van der Waals surface area contributed by atoms with Gasteiger partial charge in [0.1, 0.15) is 5.82 Å². The van der Waals surface area contributed by atoms with Crippen LogP contribution in [-0.2, 0) is 11.3 Å². The first kappa shape index (κ1) is 20.6. The molecule has 1 saturated heterocycles. The zero-order valence-electron chi connectivity index (χ0n) is 18.3. The molecule has 1 aromatic heterocycles. The zero-order valence-corrected chi connectivity index (χ0v) is 18.3. The van der Waals surface area contributed by atoms with Crippen LogP contribution in [0.4, 0.5) is 5.69 Å². The molecule has 4 heteroatoms. The van der Waals surface area contributed by atoms with Crippen molar-refractivity contribution in [3.63, 3.8) is 0 Å². The van der Waals surface area contributed by atoms with E-state index in [2.05, 4.69) is 60.9 Å². The standard InChI is InChI=1S/C26H33N3O/c1-3-4-5-6-7-10-17-28-24-12-9-8-11-23(24)27-26(28)21-18-25(30)29(19-21)22-15-13-20(2)14-16-22/h8-9,11-16,21H,3-7,10,17-19H2,1-2H3/t21-/m0/s1. The Morgan fingerprint density at radius 3 is 2.50 bits per heavy atom. The van der Waals surface area contributed by atoms with E-state index in [4.69, 9.17) is 4.98 Å². The van der Waals surface area contributed by atoms with E-state index in [1.54, 1.807) is 0 Å². The van der Waals surface area contributed by atoms with Crippen molar-refractivity contribution in [3.05, 3.63) is 59.9 Å². The monoisotopic (exact) mass is 403 g/mol. The van der Waals surface area contributed by atoms with Gasteiger partial charge in [0, 0.05) is 31.1 Å². The molecule has 0 saturated carbocycles. The highest BCUT2D eigenvalue weighted by Gasteiger charge is 2.34. The third-order valence-electron chi connectivity index (χ3n) is 6.26. The molecule has 1 aliphatic heterocycles. The van der Waals surface area contributed by atoms with Crippen LogP contribution in [0.2, 0.25) is 0 Å². The summed E-state index contributed by atoms with van der Waals surface area (Å²) in [6.07, 6.45) is 8.20. The van der Waals surface area contributed by atoms with Crippen LogP contribution in [0.15, 0.2) is 48.5 Å². The normalized spacial score (nSPS) is 16.7. The third kappa shape index (κ3) is 4.43. The first-order chi connectivity index (χ1) is 14.7. The van der Waals surface area contributed by atoms with Crippen molar-refractivity contribution in [3.8, 4) is 0 Å². The number of anilines is 1. The van der Waals surface area contributed by atoms with Crippen LogP contribution in [0.3, 0.4) is 0 Å². The van der Waals surface area contributed by atoms with E-state index in [-0.39, 0.29) is 11.8 Å². The predicted molar refractivity (Wildman–Crippen MR) is 124 cm³/mol. The number of carbonyl (C=O) groups excluding carboxylic acids is 1. The summed E-state index contributed by atoms with van der Waals surface area (Å²) in [5, 5.41) is 0. The Morgan fingerprint density at radius 2 is 1.70 bits per heavy atom. The fourth-order valence-corrected chi connectivity index (χ4v) is 4.55. The Labute approximate surface area is 179 Å². The number of aromatic nitrogens is 2. The van der Waals surface area contributed by atoms with Gasteiger partial charge in [0.05, 0.1) is 11.0 Å². The molecule has 1 atom stereocenters. The number of benzene rings is 2. The Kier molecular flexibility index (Phi) is 6.51. The van der Waals surface area contributed by atoms with Crippen LogP contribution < -0.4 is 4.90 Å². The Hall–Kier alpha value is -2.62. The molecule has 1 amide bonds. The van der Waals surface area contributed by atoms with Crippen molar-refractivity contribution in [2.75, 3.05) is 11.4 Å². The van der Waals surface area contributed by atoms with E-state index < -0.39 is 0 Å². The lowest BCUT2D eigenvalue weighted by Gasteiger charge is -2.17. The number of imidazole rings is 1. The molecular weight excluding hydrogens is 370 g/mol. The minimum absolute atomic E-state index is 0.145. The SMILES string of the molecule is CCCCCCCCn1c([C@H]2CC(=O)N(c3ccc(C)cc3)C2)nc2ccccc21. The van der Waals surface area contributed by atoms with Gasteiger partial charge in [-0.2, -0.15) is 0 Å². The minimum Gasteiger partial charge on any atom is -0.328 e. The molecule has 2 aromatic carbocycles. The molecule has 0 radical (unpaired) electrons. The second kappa shape index (κ2) is 9.46. The van der Waals surface area contributed by atoms with Gasteiger partial charge in [0.25, 0.3) is 0 Å². The number of hydrogen-bond acceptors (Lipinski definition) is 2. The topological polar surface area (TPSA) is 38.1 Å². The summed E-state index contributed by atoms with van der Waals surface area (Å²) < 4.78 is 2.38. The number of rotatable bonds is 9. The average molecular weight is 404 g/mol. The third-order valence-corrected chi connectivity index (χ3v) is 6.26. The Balaban J connectivity index is 1.53. The van der Waals surface area contributed by atoms with Crippen LogP contribution in [0.1, 0.15) is 69.2 Å². The molecule has 30 heavy (non-hydrogen) atoms. The number of unbranched alkanes of at least 4 members (excludes halogenated alkanes) is 5. The summed E-state index contributed by atoms with van der Waals surface area (Å²) in [6, 6.07) is 16.6. The Bertz CT molecular complexity index is 989. The van der Waals surface area contributed by atoms with Crippen molar-refractivity contribution in [2.24, 2.45) is 0 Å². The number of carbonyl (C=O) groups is 1. The largest absolute Gasteiger partial charge is 0.328 e. The summed E-state index contributed by atoms with van der Waals surface area (Å²) in [5.74, 6) is 1.42. The molecule has 1 aliphatic rings. The van der Waals surface area contributed by atoms with Crippen molar-refractivity contribution in [1.82, 2.24) is 9.55 Å². The summed E-state index contributed by atoms with van der Waals surface area (Å²) in [5.41, 5.74) is 4.44. The molecule has 158 valence electrons. The fourth-order valence-electron chi connectivity index (χ4n) is 4.55. The summed E-state index contributed by atoms with van der Waals surface area (Å²) in [7, 11) is 0. The van der Waals surface area contributed by atoms with Gasteiger partial charge in [-0.3, -0.25) is 4.79 Å². The van der Waals surface area contributed by atoms with Gasteiger partial charge in [-0.05, 0) is 37.6 Å². The highest BCUT2D eigenvalue weighted by Crippen LogP contribution is 2.33. The van der Waals surface area contributed by atoms with Gasteiger partial charge in [0.2, 0.25) is 5.91 Å². The number of nitrogens with zero attached hydrogens (tertiary/aromatic N) is 3. The molecule has 0 bridgehead atoms. The molecule has 0 unspecified atom stereocenters. The van der Waals surface area contributed by atoms with E-state index in [0.29, 0.717) is 13.0 Å². The lowest BCUT2D eigenvalue weighted by atomic mass is 10.1. The lowest BCUT2D eigenvalue weighted by molar-refractivity contribution is -0.117. The van der Waals surface area contributed by atoms with E-state index >= 15 is 0 Å². The molecule has 4 rings (SSSR count). The quantitative estimate of drug-likeness (QED) is 0.397. The number of fused-ring (bicyclic) bond motifs is 1. The first-order valence-electron chi connectivity index (χ1n) is 11.5. The number of hydrogen-bond donors (Lipinski definition) is 0. The average Bonchev–Trinajstić information content (AvgIpc) is 3.32. The van der Waals surface area contributed by atoms with E-state index in [1.165, 1.54) is 49.6 Å². The maximum atomic E-state index is 12.8.